The first-order valence-electron chi connectivity index (χ1n) is 12.7. The lowest BCUT2D eigenvalue weighted by atomic mass is 10.1. The Hall–Kier alpha value is -2.98. The highest BCUT2D eigenvalue weighted by Crippen LogP contribution is 2.41. The van der Waals surface area contributed by atoms with E-state index in [2.05, 4.69) is 22.8 Å². The van der Waals surface area contributed by atoms with E-state index < -0.39 is 27.6 Å². The van der Waals surface area contributed by atoms with Crippen molar-refractivity contribution in [1.29, 1.82) is 0 Å². The molecular weight excluding hydrogens is 497 g/mol. The number of carbonyl (C=O) groups excluding carboxylic acids is 2. The molecule has 1 aliphatic heterocycles. The van der Waals surface area contributed by atoms with Crippen LogP contribution in [0.2, 0.25) is 0 Å². The summed E-state index contributed by atoms with van der Waals surface area (Å²) in [6.07, 6.45) is 3.05. The molecule has 200 valence electrons. The second kappa shape index (κ2) is 12.0. The van der Waals surface area contributed by atoms with Crippen molar-refractivity contribution in [3.63, 3.8) is 0 Å². The van der Waals surface area contributed by atoms with Crippen LogP contribution in [0.5, 0.6) is 5.75 Å². The number of halogens is 1. The first-order chi connectivity index (χ1) is 17.8. The molecule has 0 bridgehead atoms. The molecule has 1 saturated heterocycles. The van der Waals surface area contributed by atoms with Gasteiger partial charge in [-0.25, -0.2) is 12.8 Å². The van der Waals surface area contributed by atoms with Gasteiger partial charge in [0.15, 0.2) is 9.84 Å². The Bertz CT molecular complexity index is 1170. The number of nitrogens with zero attached hydrogens (tertiary/aromatic N) is 1. The quantitative estimate of drug-likeness (QED) is 0.432. The summed E-state index contributed by atoms with van der Waals surface area (Å²) in [4.78, 5) is 27.4. The number of hydrogen-bond donors (Lipinski definition) is 2. The van der Waals surface area contributed by atoms with Crippen LogP contribution in [0, 0.1) is 5.82 Å². The highest BCUT2D eigenvalue weighted by atomic mass is 32.2. The number of carbonyl (C=O) groups is 2. The van der Waals surface area contributed by atoms with E-state index in [1.54, 1.807) is 7.11 Å². The molecular formula is C27H34FN3O5S. The van der Waals surface area contributed by atoms with Gasteiger partial charge in [-0.15, -0.1) is 0 Å². The Morgan fingerprint density at radius 2 is 1.73 bits per heavy atom. The number of unbranched alkanes of at least 4 members (excludes halogenated alkanes) is 1. The molecule has 2 aliphatic rings. The van der Waals surface area contributed by atoms with E-state index in [1.807, 2.05) is 12.1 Å². The van der Waals surface area contributed by atoms with Gasteiger partial charge in [-0.2, -0.15) is 0 Å². The van der Waals surface area contributed by atoms with Gasteiger partial charge in [0.25, 0.3) is 5.91 Å². The van der Waals surface area contributed by atoms with Gasteiger partial charge in [0, 0.05) is 30.6 Å². The summed E-state index contributed by atoms with van der Waals surface area (Å²) in [5, 5.41) is 6.35. The third kappa shape index (κ3) is 7.52. The van der Waals surface area contributed by atoms with Gasteiger partial charge in [-0.05, 0) is 74.2 Å². The van der Waals surface area contributed by atoms with Crippen molar-refractivity contribution >= 4 is 21.7 Å². The van der Waals surface area contributed by atoms with Crippen LogP contribution in [0.15, 0.2) is 48.5 Å². The van der Waals surface area contributed by atoms with E-state index in [0.717, 1.165) is 25.1 Å². The van der Waals surface area contributed by atoms with Crippen LogP contribution in [0.3, 0.4) is 0 Å². The summed E-state index contributed by atoms with van der Waals surface area (Å²) in [6, 6.07) is 12.9. The van der Waals surface area contributed by atoms with E-state index in [-0.39, 0.29) is 36.1 Å². The van der Waals surface area contributed by atoms with Gasteiger partial charge in [0.1, 0.15) is 17.6 Å². The van der Waals surface area contributed by atoms with Crippen molar-refractivity contribution in [2.45, 2.75) is 43.7 Å². The van der Waals surface area contributed by atoms with Gasteiger partial charge in [-0.1, -0.05) is 12.1 Å². The highest BCUT2D eigenvalue weighted by molar-refractivity contribution is 7.91. The number of methoxy groups -OCH3 is 1. The zero-order valence-corrected chi connectivity index (χ0v) is 21.8. The van der Waals surface area contributed by atoms with Gasteiger partial charge in [-0.3, -0.25) is 9.59 Å². The molecule has 2 amide bonds. The minimum atomic E-state index is -3.13. The molecule has 2 fully saturated rings. The van der Waals surface area contributed by atoms with Crippen molar-refractivity contribution in [3.05, 3.63) is 65.5 Å². The molecule has 37 heavy (non-hydrogen) atoms. The summed E-state index contributed by atoms with van der Waals surface area (Å²) >= 11 is 0. The predicted molar refractivity (Wildman–Crippen MR) is 139 cm³/mol. The van der Waals surface area contributed by atoms with Crippen LogP contribution >= 0.6 is 0 Å². The lowest BCUT2D eigenvalue weighted by molar-refractivity contribution is -0.133. The number of nitrogens with one attached hydrogen (secondary N) is 2. The lowest BCUT2D eigenvalue weighted by Gasteiger charge is -2.30. The molecule has 1 aliphatic carbocycles. The Labute approximate surface area is 217 Å². The number of rotatable bonds is 11. The first-order valence-corrected chi connectivity index (χ1v) is 14.5. The average Bonchev–Trinajstić information content (AvgIpc) is 3.67. The molecule has 0 radical (unpaired) electrons. The molecule has 2 N–H and O–H groups in total. The molecule has 1 heterocycles. The molecule has 1 saturated carbocycles. The fourth-order valence-corrected chi connectivity index (χ4v) is 5.86. The zero-order valence-electron chi connectivity index (χ0n) is 21.0. The normalized spacial score (nSPS) is 21.2. The predicted octanol–water partition coefficient (Wildman–Crippen LogP) is 2.51. The minimum Gasteiger partial charge on any atom is -0.497 e. The number of sulfone groups is 1. The van der Waals surface area contributed by atoms with Gasteiger partial charge in [0.2, 0.25) is 5.91 Å². The van der Waals surface area contributed by atoms with Crippen molar-refractivity contribution in [1.82, 2.24) is 15.5 Å². The molecule has 10 heteroatoms. The van der Waals surface area contributed by atoms with Crippen molar-refractivity contribution in [2.24, 2.45) is 0 Å². The number of benzene rings is 2. The molecule has 3 atom stereocenters. The first kappa shape index (κ1) is 27.1. The number of ether oxygens (including phenoxy) is 1. The molecule has 0 aromatic heterocycles. The highest BCUT2D eigenvalue weighted by Gasteiger charge is 2.37. The SMILES string of the molecule is COc1ccc([C@@H]2C[C@H]2NCCCC[C@H](NC(=O)c2ccc(F)cc2)C(=O)N2CCS(=O)(=O)CC2)cc1. The molecule has 2 aromatic carbocycles. The standard InChI is InChI=1S/C27H34FN3O5S/c1-36-22-11-7-19(8-12-22)23-18-25(23)29-13-3-2-4-24(27(33)31-14-16-37(34,35)17-15-31)30-26(32)20-5-9-21(28)10-6-20/h5-12,23-25,29H,2-4,13-18H2,1H3,(H,30,32)/t23-,24-,25+/m0/s1. The topological polar surface area (TPSA) is 105 Å². The summed E-state index contributed by atoms with van der Waals surface area (Å²) in [5.41, 5.74) is 1.55. The zero-order chi connectivity index (χ0) is 26.4. The third-order valence-corrected chi connectivity index (χ3v) is 8.64. The Morgan fingerprint density at radius 1 is 1.05 bits per heavy atom. The van der Waals surface area contributed by atoms with Crippen LogP contribution in [0.25, 0.3) is 0 Å². The van der Waals surface area contributed by atoms with Crippen LogP contribution < -0.4 is 15.4 Å². The molecule has 8 nitrogen and oxygen atoms in total. The smallest absolute Gasteiger partial charge is 0.251 e. The molecule has 4 rings (SSSR count). The number of hydrogen-bond acceptors (Lipinski definition) is 6. The summed E-state index contributed by atoms with van der Waals surface area (Å²) < 4.78 is 42.0. The van der Waals surface area contributed by atoms with Gasteiger partial charge < -0.3 is 20.3 Å². The largest absolute Gasteiger partial charge is 0.497 e. The van der Waals surface area contributed by atoms with Crippen molar-refractivity contribution in [3.8, 4) is 5.75 Å². The van der Waals surface area contributed by atoms with E-state index in [0.29, 0.717) is 24.8 Å². The summed E-state index contributed by atoms with van der Waals surface area (Å²) in [7, 11) is -1.48. The Morgan fingerprint density at radius 3 is 2.38 bits per heavy atom. The maximum absolute atomic E-state index is 13.2. The second-order valence-corrected chi connectivity index (χ2v) is 12.0. The monoisotopic (exact) mass is 531 g/mol. The Kier molecular flexibility index (Phi) is 8.81. The van der Waals surface area contributed by atoms with E-state index >= 15 is 0 Å². The van der Waals surface area contributed by atoms with E-state index in [9.17, 15) is 22.4 Å². The average molecular weight is 532 g/mol. The third-order valence-electron chi connectivity index (χ3n) is 7.03. The van der Waals surface area contributed by atoms with E-state index in [4.69, 9.17) is 4.74 Å². The fraction of sp³-hybridized carbons (Fsp3) is 0.481. The van der Waals surface area contributed by atoms with Crippen LogP contribution in [-0.4, -0.2) is 75.5 Å². The van der Waals surface area contributed by atoms with Crippen molar-refractivity contribution < 1.29 is 27.1 Å². The molecule has 2 aromatic rings. The fourth-order valence-electron chi connectivity index (χ4n) is 4.65. The van der Waals surface area contributed by atoms with Crippen molar-refractivity contribution in [2.75, 3.05) is 38.2 Å². The van der Waals surface area contributed by atoms with Gasteiger partial charge in [0.05, 0.1) is 18.6 Å². The summed E-state index contributed by atoms with van der Waals surface area (Å²) in [5.74, 6) is 0.00899. The maximum Gasteiger partial charge on any atom is 0.251 e. The summed E-state index contributed by atoms with van der Waals surface area (Å²) in [6.45, 7) is 1.05. The Balaban J connectivity index is 1.27. The minimum absolute atomic E-state index is 0.0714. The van der Waals surface area contributed by atoms with Crippen LogP contribution in [0.1, 0.15) is 47.5 Å². The maximum atomic E-state index is 13.2. The van der Waals surface area contributed by atoms with E-state index in [1.165, 1.54) is 34.7 Å². The van der Waals surface area contributed by atoms with Gasteiger partial charge >= 0.3 is 0 Å². The molecule has 0 unspecified atom stereocenters. The second-order valence-electron chi connectivity index (χ2n) is 9.68. The lowest BCUT2D eigenvalue weighted by Crippen LogP contribution is -2.52. The number of amides is 2. The van der Waals surface area contributed by atoms with Crippen LogP contribution in [0.4, 0.5) is 4.39 Å². The molecule has 0 spiro atoms. The van der Waals surface area contributed by atoms with Crippen LogP contribution in [-0.2, 0) is 14.6 Å².